The Hall–Kier alpha value is -3.15. The monoisotopic (exact) mass is 341 g/mol. The van der Waals surface area contributed by atoms with Gasteiger partial charge in [0, 0.05) is 23.8 Å². The van der Waals surface area contributed by atoms with Gasteiger partial charge in [0.15, 0.2) is 11.5 Å². The number of carbonyl (C=O) groups is 1. The summed E-state index contributed by atoms with van der Waals surface area (Å²) in [5, 5.41) is 10.0. The molecule has 25 heavy (non-hydrogen) atoms. The van der Waals surface area contributed by atoms with Gasteiger partial charge in [-0.15, -0.1) is 0 Å². The molecule has 0 unspecified atom stereocenters. The van der Waals surface area contributed by atoms with Crippen LogP contribution in [0.1, 0.15) is 11.6 Å². The summed E-state index contributed by atoms with van der Waals surface area (Å²) in [6.07, 6.45) is 0. The van der Waals surface area contributed by atoms with Gasteiger partial charge in [-0.3, -0.25) is 9.69 Å². The van der Waals surface area contributed by atoms with E-state index in [2.05, 4.69) is 6.58 Å². The fourth-order valence-corrected chi connectivity index (χ4v) is 2.90. The third kappa shape index (κ3) is 2.76. The molecule has 0 saturated carbocycles. The van der Waals surface area contributed by atoms with Crippen LogP contribution < -0.4 is 19.1 Å². The third-order valence-electron chi connectivity index (χ3n) is 4.21. The van der Waals surface area contributed by atoms with Gasteiger partial charge in [-0.2, -0.15) is 0 Å². The number of benzene rings is 2. The minimum atomic E-state index is -0.374. The normalized spacial score (nSPS) is 16.4. The van der Waals surface area contributed by atoms with Crippen LogP contribution in [0, 0.1) is 0 Å². The highest BCUT2D eigenvalue weighted by molar-refractivity contribution is 6.15. The minimum absolute atomic E-state index is 0.00956. The van der Waals surface area contributed by atoms with Crippen LogP contribution in [0.25, 0.3) is 0 Å². The highest BCUT2D eigenvalue weighted by Crippen LogP contribution is 2.45. The molecule has 6 nitrogen and oxygen atoms in total. The van der Waals surface area contributed by atoms with Crippen LogP contribution >= 0.6 is 0 Å². The van der Waals surface area contributed by atoms with Crippen molar-refractivity contribution in [1.82, 2.24) is 0 Å². The van der Waals surface area contributed by atoms with Gasteiger partial charge >= 0.3 is 0 Å². The number of anilines is 1. The number of phenols is 1. The number of nitrogens with zero attached hydrogens (tertiary/aromatic N) is 1. The van der Waals surface area contributed by atoms with Gasteiger partial charge in [0.2, 0.25) is 0 Å². The molecule has 0 spiro atoms. The van der Waals surface area contributed by atoms with Crippen molar-refractivity contribution in [3.05, 3.63) is 54.1 Å². The molecule has 3 rings (SSSR count). The zero-order valence-electron chi connectivity index (χ0n) is 14.3. The predicted molar refractivity (Wildman–Crippen MR) is 93.6 cm³/mol. The van der Waals surface area contributed by atoms with E-state index in [1.54, 1.807) is 55.5 Å². The quantitative estimate of drug-likeness (QED) is 0.669. The van der Waals surface area contributed by atoms with Crippen molar-refractivity contribution in [1.29, 1.82) is 0 Å². The first kappa shape index (κ1) is 16.7. The Morgan fingerprint density at radius 1 is 1.00 bits per heavy atom. The number of amides is 1. The maximum atomic E-state index is 12.4. The molecule has 1 heterocycles. The lowest BCUT2D eigenvalue weighted by Gasteiger charge is -2.42. The Morgan fingerprint density at radius 3 is 2.16 bits per heavy atom. The third-order valence-corrected chi connectivity index (χ3v) is 4.21. The van der Waals surface area contributed by atoms with Crippen LogP contribution in [-0.2, 0) is 4.79 Å². The molecule has 2 aromatic carbocycles. The van der Waals surface area contributed by atoms with Gasteiger partial charge in [0.1, 0.15) is 11.5 Å². The smallest absolute Gasteiger partial charge is 0.256 e. The average Bonchev–Trinajstić information content (AvgIpc) is 2.64. The van der Waals surface area contributed by atoms with Gasteiger partial charge in [-0.05, 0) is 17.7 Å². The number of hydrogen-bond donors (Lipinski definition) is 1. The Bertz CT molecular complexity index is 823. The lowest BCUT2D eigenvalue weighted by molar-refractivity contribution is -0.118. The van der Waals surface area contributed by atoms with E-state index >= 15 is 0 Å². The van der Waals surface area contributed by atoms with E-state index < -0.39 is 0 Å². The molecular weight excluding hydrogens is 322 g/mol. The number of ether oxygens (including phenoxy) is 3. The van der Waals surface area contributed by atoms with Crippen LogP contribution in [-0.4, -0.2) is 32.3 Å². The standard InChI is InChI=1S/C19H19NO5/c1-11-18(12-5-6-17(25-4)16(21)7-12)20(19(11)22)13-8-14(23-2)10-15(9-13)24-3/h5-10,18,21H,1H2,2-4H3/t18-/m1/s1. The summed E-state index contributed by atoms with van der Waals surface area (Å²) < 4.78 is 15.6. The molecule has 1 N–H and O–H groups in total. The molecule has 1 fully saturated rings. The van der Waals surface area contributed by atoms with Crippen LogP contribution in [0.3, 0.4) is 0 Å². The Labute approximate surface area is 145 Å². The molecule has 0 bridgehead atoms. The topological polar surface area (TPSA) is 68.2 Å². The first-order valence-electron chi connectivity index (χ1n) is 7.62. The molecule has 0 aliphatic carbocycles. The molecule has 0 aromatic heterocycles. The van der Waals surface area contributed by atoms with E-state index in [4.69, 9.17) is 14.2 Å². The second kappa shape index (κ2) is 6.39. The largest absolute Gasteiger partial charge is 0.504 e. The molecule has 1 atom stereocenters. The van der Waals surface area contributed by atoms with Crippen LogP contribution in [0.15, 0.2) is 48.6 Å². The number of carbonyl (C=O) groups excluding carboxylic acids is 1. The Balaban J connectivity index is 2.02. The number of hydrogen-bond acceptors (Lipinski definition) is 5. The number of phenolic OH excluding ortho intramolecular Hbond substituents is 1. The van der Waals surface area contributed by atoms with Gasteiger partial charge in [-0.25, -0.2) is 0 Å². The summed E-state index contributed by atoms with van der Waals surface area (Å²) in [7, 11) is 4.58. The van der Waals surface area contributed by atoms with E-state index in [0.29, 0.717) is 28.5 Å². The SMILES string of the molecule is C=C1C(=O)N(c2cc(OC)cc(OC)c2)[C@H]1c1ccc(OC)c(O)c1. The molecule has 1 amide bonds. The van der Waals surface area contributed by atoms with Crippen LogP contribution in [0.2, 0.25) is 0 Å². The summed E-state index contributed by atoms with van der Waals surface area (Å²) in [4.78, 5) is 14.0. The van der Waals surface area contributed by atoms with Gasteiger partial charge in [0.25, 0.3) is 5.91 Å². The van der Waals surface area contributed by atoms with Crippen molar-refractivity contribution in [3.63, 3.8) is 0 Å². The predicted octanol–water partition coefficient (Wildman–Crippen LogP) is 3.06. The zero-order chi connectivity index (χ0) is 18.1. The lowest BCUT2D eigenvalue weighted by Crippen LogP contribution is -2.48. The van der Waals surface area contributed by atoms with Crippen molar-refractivity contribution >= 4 is 11.6 Å². The first-order valence-corrected chi connectivity index (χ1v) is 7.62. The van der Waals surface area contributed by atoms with E-state index in [0.717, 1.165) is 5.56 Å². The molecule has 0 radical (unpaired) electrons. The summed E-state index contributed by atoms with van der Waals surface area (Å²) in [6.45, 7) is 3.87. The lowest BCUT2D eigenvalue weighted by atomic mass is 9.88. The van der Waals surface area contributed by atoms with Gasteiger partial charge < -0.3 is 19.3 Å². The zero-order valence-corrected chi connectivity index (χ0v) is 14.3. The summed E-state index contributed by atoms with van der Waals surface area (Å²) in [6, 6.07) is 9.90. The Kier molecular flexibility index (Phi) is 4.27. The highest BCUT2D eigenvalue weighted by atomic mass is 16.5. The summed E-state index contributed by atoms with van der Waals surface area (Å²) in [5.41, 5.74) is 1.82. The van der Waals surface area contributed by atoms with E-state index in [1.165, 1.54) is 7.11 Å². The van der Waals surface area contributed by atoms with Crippen LogP contribution in [0.4, 0.5) is 5.69 Å². The number of β-lactam (4-membered cyclic amide) rings is 1. The fourth-order valence-electron chi connectivity index (χ4n) is 2.90. The maximum absolute atomic E-state index is 12.4. The fraction of sp³-hybridized carbons (Fsp3) is 0.211. The van der Waals surface area contributed by atoms with Gasteiger partial charge in [0.05, 0.1) is 33.1 Å². The van der Waals surface area contributed by atoms with Crippen molar-refractivity contribution in [2.75, 3.05) is 26.2 Å². The molecule has 130 valence electrons. The van der Waals surface area contributed by atoms with Crippen molar-refractivity contribution in [2.24, 2.45) is 0 Å². The van der Waals surface area contributed by atoms with Crippen molar-refractivity contribution in [2.45, 2.75) is 6.04 Å². The summed E-state index contributed by atoms with van der Waals surface area (Å²) >= 11 is 0. The number of rotatable bonds is 5. The minimum Gasteiger partial charge on any atom is -0.504 e. The summed E-state index contributed by atoms with van der Waals surface area (Å²) in [5.74, 6) is 1.35. The number of aromatic hydroxyl groups is 1. The number of methoxy groups -OCH3 is 3. The molecule has 2 aromatic rings. The van der Waals surface area contributed by atoms with Crippen LogP contribution in [0.5, 0.6) is 23.0 Å². The maximum Gasteiger partial charge on any atom is 0.256 e. The second-order valence-electron chi connectivity index (χ2n) is 5.61. The van der Waals surface area contributed by atoms with Crippen molar-refractivity contribution in [3.8, 4) is 23.0 Å². The molecule has 1 aliphatic heterocycles. The molecular formula is C19H19NO5. The average molecular weight is 341 g/mol. The highest BCUT2D eigenvalue weighted by Gasteiger charge is 2.43. The Morgan fingerprint density at radius 2 is 1.64 bits per heavy atom. The van der Waals surface area contributed by atoms with Gasteiger partial charge in [-0.1, -0.05) is 12.6 Å². The molecule has 6 heteroatoms. The van der Waals surface area contributed by atoms with Crippen molar-refractivity contribution < 1.29 is 24.1 Å². The van der Waals surface area contributed by atoms with E-state index in [9.17, 15) is 9.90 Å². The molecule has 1 aliphatic rings. The second-order valence-corrected chi connectivity index (χ2v) is 5.61. The molecule has 1 saturated heterocycles. The van der Waals surface area contributed by atoms with E-state index in [-0.39, 0.29) is 17.7 Å². The van der Waals surface area contributed by atoms with E-state index in [1.807, 2.05) is 0 Å². The first-order chi connectivity index (χ1) is 12.0.